The standard InChI is InChI=1S/C16H21BrO2/c1-15(2)10-12(16(3,4)19-15)14(18)9-11-7-5-6-8-13(11)17/h5-8,12H,9-10H2,1-4H3. The maximum absolute atomic E-state index is 12.6. The summed E-state index contributed by atoms with van der Waals surface area (Å²) in [4.78, 5) is 12.6. The van der Waals surface area contributed by atoms with Crippen LogP contribution >= 0.6 is 15.9 Å². The lowest BCUT2D eigenvalue weighted by atomic mass is 9.82. The SMILES string of the molecule is CC1(C)CC(C(=O)Cc2ccccc2Br)C(C)(C)O1. The lowest BCUT2D eigenvalue weighted by molar-refractivity contribution is -0.128. The fourth-order valence-corrected chi connectivity index (χ4v) is 3.44. The molecule has 1 fully saturated rings. The molecule has 1 unspecified atom stereocenters. The quantitative estimate of drug-likeness (QED) is 0.834. The van der Waals surface area contributed by atoms with E-state index in [2.05, 4.69) is 29.8 Å². The highest BCUT2D eigenvalue weighted by Crippen LogP contribution is 2.42. The van der Waals surface area contributed by atoms with E-state index in [0.717, 1.165) is 16.5 Å². The van der Waals surface area contributed by atoms with E-state index < -0.39 is 0 Å². The summed E-state index contributed by atoms with van der Waals surface area (Å²) in [7, 11) is 0. The maximum atomic E-state index is 12.6. The Balaban J connectivity index is 2.15. The molecule has 2 nitrogen and oxygen atoms in total. The van der Waals surface area contributed by atoms with Gasteiger partial charge in [0.25, 0.3) is 0 Å². The molecule has 1 aliphatic rings. The Hall–Kier alpha value is -0.670. The summed E-state index contributed by atoms with van der Waals surface area (Å²) in [6, 6.07) is 7.90. The van der Waals surface area contributed by atoms with Crippen LogP contribution < -0.4 is 0 Å². The monoisotopic (exact) mass is 324 g/mol. The van der Waals surface area contributed by atoms with Gasteiger partial charge in [-0.15, -0.1) is 0 Å². The van der Waals surface area contributed by atoms with Crippen molar-refractivity contribution in [2.24, 2.45) is 5.92 Å². The molecule has 1 atom stereocenters. The summed E-state index contributed by atoms with van der Waals surface area (Å²) in [6.07, 6.45) is 1.26. The van der Waals surface area contributed by atoms with Gasteiger partial charge in [-0.05, 0) is 45.7 Å². The van der Waals surface area contributed by atoms with Crippen LogP contribution in [0.5, 0.6) is 0 Å². The van der Waals surface area contributed by atoms with E-state index in [4.69, 9.17) is 4.74 Å². The first-order chi connectivity index (χ1) is 8.71. The van der Waals surface area contributed by atoms with Crippen molar-refractivity contribution in [3.05, 3.63) is 34.3 Å². The first-order valence-corrected chi connectivity index (χ1v) is 7.47. The van der Waals surface area contributed by atoms with Crippen molar-refractivity contribution in [3.8, 4) is 0 Å². The summed E-state index contributed by atoms with van der Waals surface area (Å²) < 4.78 is 7.00. The predicted octanol–water partition coefficient (Wildman–Crippen LogP) is 4.15. The van der Waals surface area contributed by atoms with Gasteiger partial charge in [-0.2, -0.15) is 0 Å². The van der Waals surface area contributed by atoms with Crippen molar-refractivity contribution in [1.29, 1.82) is 0 Å². The summed E-state index contributed by atoms with van der Waals surface area (Å²) in [5, 5.41) is 0. The summed E-state index contributed by atoms with van der Waals surface area (Å²) >= 11 is 3.50. The van der Waals surface area contributed by atoms with Crippen LogP contribution in [0.1, 0.15) is 39.7 Å². The number of ketones is 1. The van der Waals surface area contributed by atoms with Gasteiger partial charge in [-0.1, -0.05) is 34.1 Å². The van der Waals surface area contributed by atoms with Gasteiger partial charge in [0.1, 0.15) is 5.78 Å². The molecule has 1 aromatic carbocycles. The molecule has 104 valence electrons. The predicted molar refractivity (Wildman–Crippen MR) is 80.2 cm³/mol. The Kier molecular flexibility index (Phi) is 3.90. The average molecular weight is 325 g/mol. The molecule has 0 N–H and O–H groups in total. The number of carbonyl (C=O) groups is 1. The first-order valence-electron chi connectivity index (χ1n) is 6.67. The van der Waals surface area contributed by atoms with Crippen LogP contribution in [-0.4, -0.2) is 17.0 Å². The van der Waals surface area contributed by atoms with Gasteiger partial charge >= 0.3 is 0 Å². The first kappa shape index (κ1) is 14.7. The van der Waals surface area contributed by atoms with Crippen LogP contribution in [0.2, 0.25) is 0 Å². The number of hydrogen-bond donors (Lipinski definition) is 0. The van der Waals surface area contributed by atoms with E-state index >= 15 is 0 Å². The molecule has 0 aromatic heterocycles. The van der Waals surface area contributed by atoms with Crippen molar-refractivity contribution in [2.75, 3.05) is 0 Å². The molecule has 1 heterocycles. The van der Waals surface area contributed by atoms with Crippen LogP contribution in [0.4, 0.5) is 0 Å². The molecule has 19 heavy (non-hydrogen) atoms. The second kappa shape index (κ2) is 5.02. The van der Waals surface area contributed by atoms with E-state index in [1.54, 1.807) is 0 Å². The fraction of sp³-hybridized carbons (Fsp3) is 0.562. The minimum Gasteiger partial charge on any atom is -0.369 e. The third-order valence-corrected chi connectivity index (χ3v) is 4.56. The molecule has 0 amide bonds. The zero-order valence-corrected chi connectivity index (χ0v) is 13.6. The molecule has 1 aromatic rings. The second-order valence-corrected chi connectivity index (χ2v) is 7.31. The number of Topliss-reactive ketones (excluding diaryl/α,β-unsaturated/α-hetero) is 1. The van der Waals surface area contributed by atoms with Gasteiger partial charge in [-0.3, -0.25) is 4.79 Å². The number of benzene rings is 1. The van der Waals surface area contributed by atoms with Gasteiger partial charge < -0.3 is 4.74 Å². The molecule has 0 saturated carbocycles. The van der Waals surface area contributed by atoms with Crippen LogP contribution in [-0.2, 0) is 16.0 Å². The molecule has 3 heteroatoms. The van der Waals surface area contributed by atoms with Gasteiger partial charge in [-0.25, -0.2) is 0 Å². The Labute approximate surface area is 123 Å². The van der Waals surface area contributed by atoms with Gasteiger partial charge in [0.2, 0.25) is 0 Å². The van der Waals surface area contributed by atoms with Crippen molar-refractivity contribution < 1.29 is 9.53 Å². The molecule has 2 rings (SSSR count). The highest BCUT2D eigenvalue weighted by Gasteiger charge is 2.48. The van der Waals surface area contributed by atoms with Crippen molar-refractivity contribution in [2.45, 2.75) is 51.7 Å². The van der Waals surface area contributed by atoms with E-state index in [9.17, 15) is 4.79 Å². The molecular weight excluding hydrogens is 304 g/mol. The largest absolute Gasteiger partial charge is 0.369 e. The van der Waals surface area contributed by atoms with Gasteiger partial charge in [0.05, 0.1) is 11.2 Å². The third-order valence-electron chi connectivity index (χ3n) is 3.79. The van der Waals surface area contributed by atoms with Crippen molar-refractivity contribution in [1.82, 2.24) is 0 Å². The fourth-order valence-electron chi connectivity index (χ4n) is 3.02. The maximum Gasteiger partial charge on any atom is 0.143 e. The Morgan fingerprint density at radius 3 is 2.47 bits per heavy atom. The Bertz CT molecular complexity index is 491. The summed E-state index contributed by atoms with van der Waals surface area (Å²) in [6.45, 7) is 8.15. The van der Waals surface area contributed by atoms with E-state index in [0.29, 0.717) is 6.42 Å². The average Bonchev–Trinajstić information content (AvgIpc) is 2.50. The minimum atomic E-state index is -0.373. The molecule has 0 bridgehead atoms. The Morgan fingerprint density at radius 2 is 1.95 bits per heavy atom. The molecule has 1 saturated heterocycles. The smallest absolute Gasteiger partial charge is 0.143 e. The van der Waals surface area contributed by atoms with E-state index in [-0.39, 0.29) is 22.9 Å². The third kappa shape index (κ3) is 3.26. The number of rotatable bonds is 3. The van der Waals surface area contributed by atoms with Crippen molar-refractivity contribution >= 4 is 21.7 Å². The van der Waals surface area contributed by atoms with Crippen LogP contribution in [0.15, 0.2) is 28.7 Å². The normalized spacial score (nSPS) is 24.4. The van der Waals surface area contributed by atoms with Gasteiger partial charge in [0, 0.05) is 16.8 Å². The highest BCUT2D eigenvalue weighted by molar-refractivity contribution is 9.10. The zero-order chi connectivity index (χ0) is 14.3. The summed E-state index contributed by atoms with van der Waals surface area (Å²) in [5.41, 5.74) is 0.465. The lowest BCUT2D eigenvalue weighted by Crippen LogP contribution is -2.34. The van der Waals surface area contributed by atoms with Crippen molar-refractivity contribution in [3.63, 3.8) is 0 Å². The highest BCUT2D eigenvalue weighted by atomic mass is 79.9. The number of carbonyl (C=O) groups excluding carboxylic acids is 1. The Morgan fingerprint density at radius 1 is 1.32 bits per heavy atom. The number of ether oxygens (including phenoxy) is 1. The molecule has 1 aliphatic heterocycles. The molecule has 0 radical (unpaired) electrons. The number of halogens is 1. The van der Waals surface area contributed by atoms with Crippen LogP contribution in [0.3, 0.4) is 0 Å². The second-order valence-electron chi connectivity index (χ2n) is 6.46. The molecular formula is C16H21BrO2. The molecule has 0 aliphatic carbocycles. The van der Waals surface area contributed by atoms with Crippen LogP contribution in [0, 0.1) is 5.92 Å². The van der Waals surface area contributed by atoms with Gasteiger partial charge in [0.15, 0.2) is 0 Å². The minimum absolute atomic E-state index is 0.0328. The molecule has 0 spiro atoms. The number of hydrogen-bond acceptors (Lipinski definition) is 2. The lowest BCUT2D eigenvalue weighted by Gasteiger charge is -2.26. The van der Waals surface area contributed by atoms with Crippen LogP contribution in [0.25, 0.3) is 0 Å². The zero-order valence-electron chi connectivity index (χ0n) is 12.0. The van der Waals surface area contributed by atoms with E-state index in [1.165, 1.54) is 0 Å². The topological polar surface area (TPSA) is 26.3 Å². The summed E-state index contributed by atoms with van der Waals surface area (Å²) in [5.74, 6) is 0.233. The van der Waals surface area contributed by atoms with E-state index in [1.807, 2.05) is 38.1 Å².